The Labute approximate surface area is 117 Å². The Bertz CT molecular complexity index is 285. The lowest BCUT2D eigenvalue weighted by molar-refractivity contribution is 0.0397. The molecule has 1 aromatic carbocycles. The molecule has 0 saturated carbocycles. The smallest absolute Gasteiger partial charge is 0.0594 e. The molecule has 1 rings (SSSR count). The minimum absolute atomic E-state index is 0. The molecule has 0 atom stereocenters. The Morgan fingerprint density at radius 1 is 1.12 bits per heavy atom. The van der Waals surface area contributed by atoms with Crippen LogP contribution in [0.15, 0.2) is 36.9 Å². The topological polar surface area (TPSA) is 9.23 Å². The summed E-state index contributed by atoms with van der Waals surface area (Å²) in [5.41, 5.74) is 2.38. The summed E-state index contributed by atoms with van der Waals surface area (Å²) in [7, 11) is 1.71. The maximum Gasteiger partial charge on any atom is 0.0594 e. The minimum Gasteiger partial charge on any atom is -0.379 e. The van der Waals surface area contributed by atoms with Crippen molar-refractivity contribution in [2.45, 2.75) is 33.3 Å². The fraction of sp³-hybridized carbons (Fsp3) is 0.429. The molecule has 2 heteroatoms. The van der Waals surface area contributed by atoms with Gasteiger partial charge in [-0.1, -0.05) is 42.5 Å². The second kappa shape index (κ2) is 8.76. The Morgan fingerprint density at radius 2 is 1.50 bits per heavy atom. The molecule has 0 heterocycles. The molecule has 0 saturated heterocycles. The van der Waals surface area contributed by atoms with Crippen LogP contribution in [0.3, 0.4) is 0 Å². The molecule has 0 radical (unpaired) electrons. The highest BCUT2D eigenvalue weighted by Crippen LogP contribution is 2.08. The molecule has 16 heavy (non-hydrogen) atoms. The zero-order valence-electron chi connectivity index (χ0n) is 10.9. The molecule has 0 amide bonds. The standard InChI is InChI=1S/C9H10.C5H12O.HI/c1-8(2)9-6-4-3-5-7-9;1-5(2,3)6-4;/h3-7H,1H2,2H3;1-4H3;1H. The molecule has 0 fully saturated rings. The molecular formula is C14H23IO. The van der Waals surface area contributed by atoms with Crippen LogP contribution in [0.5, 0.6) is 0 Å². The van der Waals surface area contributed by atoms with Crippen LogP contribution in [0.2, 0.25) is 0 Å². The summed E-state index contributed by atoms with van der Waals surface area (Å²) in [5.74, 6) is 0. The first-order chi connectivity index (χ1) is 6.87. The van der Waals surface area contributed by atoms with Crippen LogP contribution in [0, 0.1) is 0 Å². The van der Waals surface area contributed by atoms with Crippen molar-refractivity contribution in [1.29, 1.82) is 0 Å². The van der Waals surface area contributed by atoms with E-state index < -0.39 is 0 Å². The number of benzene rings is 1. The summed E-state index contributed by atoms with van der Waals surface area (Å²) in [5, 5.41) is 0. The summed E-state index contributed by atoms with van der Waals surface area (Å²) < 4.78 is 4.94. The van der Waals surface area contributed by atoms with Crippen molar-refractivity contribution in [2.75, 3.05) is 7.11 Å². The van der Waals surface area contributed by atoms with E-state index in [1.165, 1.54) is 5.56 Å². The third-order valence-corrected chi connectivity index (χ3v) is 1.88. The summed E-state index contributed by atoms with van der Waals surface area (Å²) >= 11 is 0. The van der Waals surface area contributed by atoms with Crippen LogP contribution in [0.25, 0.3) is 5.57 Å². The molecule has 0 unspecified atom stereocenters. The van der Waals surface area contributed by atoms with E-state index in [4.69, 9.17) is 4.74 Å². The lowest BCUT2D eigenvalue weighted by Crippen LogP contribution is -2.15. The second-order valence-electron chi connectivity index (χ2n) is 4.46. The summed E-state index contributed by atoms with van der Waals surface area (Å²) in [6.45, 7) is 11.9. The molecule has 0 aliphatic heterocycles. The van der Waals surface area contributed by atoms with Crippen LogP contribution in [0.4, 0.5) is 0 Å². The van der Waals surface area contributed by atoms with Gasteiger partial charge in [-0.2, -0.15) is 0 Å². The Hall–Kier alpha value is -0.350. The van der Waals surface area contributed by atoms with Crippen LogP contribution in [-0.4, -0.2) is 12.7 Å². The highest BCUT2D eigenvalue weighted by molar-refractivity contribution is 14.0. The molecule has 0 aliphatic carbocycles. The van der Waals surface area contributed by atoms with Gasteiger partial charge in [0.25, 0.3) is 0 Å². The zero-order chi connectivity index (χ0) is 11.9. The van der Waals surface area contributed by atoms with E-state index in [-0.39, 0.29) is 29.6 Å². The first-order valence-corrected chi connectivity index (χ1v) is 5.13. The minimum atomic E-state index is 0. The fourth-order valence-electron chi connectivity index (χ4n) is 0.723. The molecule has 1 aromatic rings. The van der Waals surface area contributed by atoms with Crippen molar-refractivity contribution in [1.82, 2.24) is 0 Å². The molecule has 0 spiro atoms. The maximum atomic E-state index is 4.94. The molecule has 0 N–H and O–H groups in total. The van der Waals surface area contributed by atoms with Crippen LogP contribution in [-0.2, 0) is 4.74 Å². The number of allylic oxidation sites excluding steroid dienone is 1. The van der Waals surface area contributed by atoms with Crippen LogP contribution < -0.4 is 0 Å². The fourth-order valence-corrected chi connectivity index (χ4v) is 0.723. The molecule has 92 valence electrons. The first-order valence-electron chi connectivity index (χ1n) is 5.13. The maximum absolute atomic E-state index is 4.94. The SMILES string of the molecule is C=C(C)c1ccccc1.COC(C)(C)C.I. The van der Waals surface area contributed by atoms with Crippen molar-refractivity contribution in [3.63, 3.8) is 0 Å². The van der Waals surface area contributed by atoms with Gasteiger partial charge in [-0.15, -0.1) is 24.0 Å². The van der Waals surface area contributed by atoms with E-state index in [1.807, 2.05) is 45.9 Å². The van der Waals surface area contributed by atoms with Crippen LogP contribution in [0.1, 0.15) is 33.3 Å². The monoisotopic (exact) mass is 334 g/mol. The predicted octanol–water partition coefficient (Wildman–Crippen LogP) is 4.77. The summed E-state index contributed by atoms with van der Waals surface area (Å²) in [6, 6.07) is 10.2. The average molecular weight is 334 g/mol. The second-order valence-corrected chi connectivity index (χ2v) is 4.46. The van der Waals surface area contributed by atoms with E-state index in [0.717, 1.165) is 5.57 Å². The summed E-state index contributed by atoms with van der Waals surface area (Å²) in [6.07, 6.45) is 0. The number of hydrogen-bond donors (Lipinski definition) is 0. The normalized spacial score (nSPS) is 9.56. The average Bonchev–Trinajstić information content (AvgIpc) is 2.19. The number of ether oxygens (including phenoxy) is 1. The zero-order valence-corrected chi connectivity index (χ0v) is 13.2. The van der Waals surface area contributed by atoms with Gasteiger partial charge in [0.2, 0.25) is 0 Å². The highest BCUT2D eigenvalue weighted by atomic mass is 127. The third kappa shape index (κ3) is 10.2. The highest BCUT2D eigenvalue weighted by Gasteiger charge is 2.03. The Kier molecular flexibility index (Phi) is 9.87. The van der Waals surface area contributed by atoms with Gasteiger partial charge >= 0.3 is 0 Å². The number of methoxy groups -OCH3 is 1. The van der Waals surface area contributed by atoms with Gasteiger partial charge in [0, 0.05) is 7.11 Å². The van der Waals surface area contributed by atoms with E-state index in [0.29, 0.717) is 0 Å². The van der Waals surface area contributed by atoms with Crippen molar-refractivity contribution >= 4 is 29.5 Å². The third-order valence-electron chi connectivity index (χ3n) is 1.88. The predicted molar refractivity (Wildman–Crippen MR) is 83.3 cm³/mol. The van der Waals surface area contributed by atoms with E-state index >= 15 is 0 Å². The van der Waals surface area contributed by atoms with Crippen molar-refractivity contribution in [2.24, 2.45) is 0 Å². The van der Waals surface area contributed by atoms with E-state index in [2.05, 4.69) is 18.7 Å². The molecular weight excluding hydrogens is 311 g/mol. The summed E-state index contributed by atoms with van der Waals surface area (Å²) in [4.78, 5) is 0. The van der Waals surface area contributed by atoms with Crippen molar-refractivity contribution < 1.29 is 4.74 Å². The molecule has 1 nitrogen and oxygen atoms in total. The van der Waals surface area contributed by atoms with Crippen molar-refractivity contribution in [3.8, 4) is 0 Å². The van der Waals surface area contributed by atoms with E-state index in [9.17, 15) is 0 Å². The largest absolute Gasteiger partial charge is 0.379 e. The van der Waals surface area contributed by atoms with Crippen molar-refractivity contribution in [3.05, 3.63) is 42.5 Å². The van der Waals surface area contributed by atoms with Gasteiger partial charge in [0.15, 0.2) is 0 Å². The molecule has 0 bridgehead atoms. The molecule has 0 aromatic heterocycles. The van der Waals surface area contributed by atoms with Gasteiger partial charge in [-0.3, -0.25) is 0 Å². The van der Waals surface area contributed by atoms with E-state index in [1.54, 1.807) is 7.11 Å². The quantitative estimate of drug-likeness (QED) is 0.672. The lowest BCUT2D eigenvalue weighted by Gasteiger charge is -2.14. The van der Waals surface area contributed by atoms with Crippen LogP contribution >= 0.6 is 24.0 Å². The van der Waals surface area contributed by atoms with Gasteiger partial charge in [-0.25, -0.2) is 0 Å². The Balaban J connectivity index is 0. The van der Waals surface area contributed by atoms with Gasteiger partial charge in [-0.05, 0) is 33.3 Å². The number of halogens is 1. The van der Waals surface area contributed by atoms with Gasteiger partial charge in [0.05, 0.1) is 5.60 Å². The lowest BCUT2D eigenvalue weighted by atomic mass is 10.1. The van der Waals surface area contributed by atoms with Gasteiger partial charge in [0.1, 0.15) is 0 Å². The first kappa shape index (κ1) is 18.0. The Morgan fingerprint density at radius 3 is 1.69 bits per heavy atom. The number of hydrogen-bond acceptors (Lipinski definition) is 1. The molecule has 0 aliphatic rings. The number of rotatable bonds is 1. The van der Waals surface area contributed by atoms with Gasteiger partial charge < -0.3 is 4.74 Å².